The molecular weight excluding hydrogens is 284 g/mol. The van der Waals surface area contributed by atoms with E-state index in [0.29, 0.717) is 25.3 Å². The van der Waals surface area contributed by atoms with Gasteiger partial charge in [-0.3, -0.25) is 4.79 Å². The highest BCUT2D eigenvalue weighted by Crippen LogP contribution is 2.11. The molecule has 0 aliphatic heterocycles. The molecule has 20 heavy (non-hydrogen) atoms. The number of aromatic amines is 1. The van der Waals surface area contributed by atoms with Gasteiger partial charge >= 0.3 is 6.09 Å². The summed E-state index contributed by atoms with van der Waals surface area (Å²) >= 11 is 5.77. The van der Waals surface area contributed by atoms with E-state index in [2.05, 4.69) is 20.6 Å². The van der Waals surface area contributed by atoms with Crippen molar-refractivity contribution in [3.8, 4) is 0 Å². The molecule has 1 heterocycles. The molecule has 1 aromatic rings. The molecular formula is C12H19ClN4O3. The van der Waals surface area contributed by atoms with Crippen molar-refractivity contribution in [3.63, 3.8) is 0 Å². The van der Waals surface area contributed by atoms with Crippen LogP contribution in [0.2, 0.25) is 5.02 Å². The molecule has 0 atom stereocenters. The fraction of sp³-hybridized carbons (Fsp3) is 0.583. The molecule has 1 rings (SSSR count). The summed E-state index contributed by atoms with van der Waals surface area (Å²) in [5, 5.41) is 5.57. The van der Waals surface area contributed by atoms with Gasteiger partial charge in [0, 0.05) is 13.1 Å². The number of hydrogen-bond acceptors (Lipinski definition) is 5. The van der Waals surface area contributed by atoms with Crippen LogP contribution in [0.3, 0.4) is 0 Å². The maximum Gasteiger partial charge on any atom is 0.407 e. The second-order valence-corrected chi connectivity index (χ2v) is 5.48. The van der Waals surface area contributed by atoms with Crippen LogP contribution in [0.4, 0.5) is 10.6 Å². The predicted octanol–water partition coefficient (Wildman–Crippen LogP) is 1.75. The molecule has 0 fully saturated rings. The number of ether oxygens (including phenoxy) is 1. The Morgan fingerprint density at radius 3 is 2.80 bits per heavy atom. The van der Waals surface area contributed by atoms with Gasteiger partial charge in [-0.25, -0.2) is 9.78 Å². The number of halogens is 1. The first kappa shape index (κ1) is 16.3. The van der Waals surface area contributed by atoms with Crippen molar-refractivity contribution in [1.29, 1.82) is 0 Å². The lowest BCUT2D eigenvalue weighted by Gasteiger charge is -2.19. The second kappa shape index (κ2) is 7.14. The highest BCUT2D eigenvalue weighted by Gasteiger charge is 2.15. The van der Waals surface area contributed by atoms with Gasteiger partial charge in [0.2, 0.25) is 0 Å². The smallest absolute Gasteiger partial charge is 0.407 e. The van der Waals surface area contributed by atoms with Crippen molar-refractivity contribution < 1.29 is 9.53 Å². The SMILES string of the molecule is CC(C)(C)OC(=O)NCCCNc1nc[nH]c(=O)c1Cl. The fourth-order valence-electron chi connectivity index (χ4n) is 1.31. The number of rotatable bonds is 5. The minimum atomic E-state index is -0.509. The Hall–Kier alpha value is -1.76. The molecule has 7 nitrogen and oxygen atoms in total. The van der Waals surface area contributed by atoms with E-state index in [9.17, 15) is 9.59 Å². The third-order valence-electron chi connectivity index (χ3n) is 2.11. The van der Waals surface area contributed by atoms with Gasteiger partial charge in [-0.05, 0) is 27.2 Å². The Bertz CT molecular complexity index is 510. The van der Waals surface area contributed by atoms with Gasteiger partial charge in [0.05, 0.1) is 6.33 Å². The van der Waals surface area contributed by atoms with Crippen LogP contribution in [-0.2, 0) is 4.74 Å². The van der Waals surface area contributed by atoms with E-state index in [1.165, 1.54) is 6.33 Å². The summed E-state index contributed by atoms with van der Waals surface area (Å²) in [6.07, 6.45) is 1.46. The lowest BCUT2D eigenvalue weighted by atomic mass is 10.2. The number of carbonyl (C=O) groups excluding carboxylic acids is 1. The Balaban J connectivity index is 2.24. The largest absolute Gasteiger partial charge is 0.444 e. The number of H-pyrrole nitrogens is 1. The molecule has 1 amide bonds. The minimum Gasteiger partial charge on any atom is -0.444 e. The molecule has 1 aromatic heterocycles. The quantitative estimate of drug-likeness (QED) is 0.720. The zero-order valence-electron chi connectivity index (χ0n) is 11.7. The number of alkyl carbamates (subject to hydrolysis) is 1. The molecule has 0 unspecified atom stereocenters. The Kier molecular flexibility index (Phi) is 5.82. The molecule has 0 radical (unpaired) electrons. The summed E-state index contributed by atoms with van der Waals surface area (Å²) in [5.74, 6) is 0.327. The topological polar surface area (TPSA) is 96.1 Å². The van der Waals surface area contributed by atoms with Gasteiger partial charge in [-0.1, -0.05) is 11.6 Å². The third kappa shape index (κ3) is 5.92. The zero-order chi connectivity index (χ0) is 15.2. The highest BCUT2D eigenvalue weighted by atomic mass is 35.5. The molecule has 112 valence electrons. The van der Waals surface area contributed by atoms with E-state index in [-0.39, 0.29) is 5.02 Å². The third-order valence-corrected chi connectivity index (χ3v) is 2.46. The maximum absolute atomic E-state index is 11.4. The number of amides is 1. The first-order valence-electron chi connectivity index (χ1n) is 6.23. The predicted molar refractivity (Wildman–Crippen MR) is 77.2 cm³/mol. The Morgan fingerprint density at radius 1 is 1.45 bits per heavy atom. The molecule has 0 spiro atoms. The van der Waals surface area contributed by atoms with Crippen LogP contribution in [0.25, 0.3) is 0 Å². The van der Waals surface area contributed by atoms with E-state index >= 15 is 0 Å². The van der Waals surface area contributed by atoms with E-state index in [1.54, 1.807) is 20.8 Å². The number of anilines is 1. The normalized spacial score (nSPS) is 11.0. The Labute approximate surface area is 122 Å². The minimum absolute atomic E-state index is 0.0209. The van der Waals surface area contributed by atoms with Gasteiger partial charge < -0.3 is 20.4 Å². The number of hydrogen-bond donors (Lipinski definition) is 3. The molecule has 8 heteroatoms. The standard InChI is InChI=1S/C12H19ClN4O3/c1-12(2,3)20-11(19)15-6-4-5-14-9-8(13)10(18)17-7-16-9/h7H,4-6H2,1-3H3,(H,15,19)(H2,14,16,17,18). The van der Waals surface area contributed by atoms with E-state index in [1.807, 2.05) is 0 Å². The van der Waals surface area contributed by atoms with Crippen molar-refractivity contribution in [2.24, 2.45) is 0 Å². The maximum atomic E-state index is 11.4. The van der Waals surface area contributed by atoms with Crippen LogP contribution >= 0.6 is 11.6 Å². The molecule has 3 N–H and O–H groups in total. The summed E-state index contributed by atoms with van der Waals surface area (Å²) in [6, 6.07) is 0. The van der Waals surface area contributed by atoms with Gasteiger partial charge in [0.1, 0.15) is 10.6 Å². The first-order chi connectivity index (χ1) is 9.29. The Morgan fingerprint density at radius 2 is 2.15 bits per heavy atom. The number of carbonyl (C=O) groups is 1. The van der Waals surface area contributed by atoms with Crippen molar-refractivity contribution >= 4 is 23.5 Å². The van der Waals surface area contributed by atoms with Crippen LogP contribution in [0.15, 0.2) is 11.1 Å². The number of nitrogens with zero attached hydrogens (tertiary/aromatic N) is 1. The summed E-state index contributed by atoms with van der Waals surface area (Å²) in [5.41, 5.74) is -0.902. The van der Waals surface area contributed by atoms with Gasteiger partial charge in [-0.2, -0.15) is 0 Å². The highest BCUT2D eigenvalue weighted by molar-refractivity contribution is 6.32. The van der Waals surface area contributed by atoms with Crippen molar-refractivity contribution in [2.75, 3.05) is 18.4 Å². The summed E-state index contributed by atoms with van der Waals surface area (Å²) in [4.78, 5) is 28.8. The molecule has 0 aromatic carbocycles. The lowest BCUT2D eigenvalue weighted by Crippen LogP contribution is -2.33. The summed E-state index contributed by atoms with van der Waals surface area (Å²) < 4.78 is 5.09. The zero-order valence-corrected chi connectivity index (χ0v) is 12.5. The molecule has 0 aliphatic carbocycles. The van der Waals surface area contributed by atoms with Gasteiger partial charge in [-0.15, -0.1) is 0 Å². The van der Waals surface area contributed by atoms with Crippen LogP contribution in [0.1, 0.15) is 27.2 Å². The van der Waals surface area contributed by atoms with Crippen LogP contribution in [0, 0.1) is 0 Å². The van der Waals surface area contributed by atoms with Gasteiger partial charge in [0.25, 0.3) is 5.56 Å². The average molecular weight is 303 g/mol. The van der Waals surface area contributed by atoms with Gasteiger partial charge in [0.15, 0.2) is 5.82 Å². The molecule has 0 aliphatic rings. The number of aromatic nitrogens is 2. The second-order valence-electron chi connectivity index (χ2n) is 5.10. The monoisotopic (exact) mass is 302 g/mol. The first-order valence-corrected chi connectivity index (χ1v) is 6.61. The molecule has 0 saturated carbocycles. The van der Waals surface area contributed by atoms with E-state index < -0.39 is 17.3 Å². The van der Waals surface area contributed by atoms with Crippen LogP contribution in [0.5, 0.6) is 0 Å². The van der Waals surface area contributed by atoms with Crippen molar-refractivity contribution in [3.05, 3.63) is 21.7 Å². The van der Waals surface area contributed by atoms with Crippen LogP contribution < -0.4 is 16.2 Å². The molecule has 0 saturated heterocycles. The van der Waals surface area contributed by atoms with E-state index in [0.717, 1.165) is 0 Å². The summed E-state index contributed by atoms with van der Waals surface area (Å²) in [6.45, 7) is 6.37. The van der Waals surface area contributed by atoms with Crippen LogP contribution in [-0.4, -0.2) is 34.8 Å². The van der Waals surface area contributed by atoms with Crippen molar-refractivity contribution in [2.45, 2.75) is 32.8 Å². The molecule has 0 bridgehead atoms. The summed E-state index contributed by atoms with van der Waals surface area (Å²) in [7, 11) is 0. The van der Waals surface area contributed by atoms with Crippen molar-refractivity contribution in [1.82, 2.24) is 15.3 Å². The van der Waals surface area contributed by atoms with E-state index in [4.69, 9.17) is 16.3 Å². The lowest BCUT2D eigenvalue weighted by molar-refractivity contribution is 0.0528. The average Bonchev–Trinajstić information content (AvgIpc) is 2.31. The fourth-order valence-corrected chi connectivity index (χ4v) is 1.48. The number of nitrogens with one attached hydrogen (secondary N) is 3.